The van der Waals surface area contributed by atoms with Crippen molar-refractivity contribution in [3.05, 3.63) is 140 Å². The third-order valence-electron chi connectivity index (χ3n) is 5.39. The third kappa shape index (κ3) is 3.65. The van der Waals surface area contributed by atoms with Gasteiger partial charge in [0.05, 0.1) is 0 Å². The number of benzene rings is 4. The Balaban J connectivity index is 0.000000586. The Bertz CT molecular complexity index is 858. The van der Waals surface area contributed by atoms with Crippen molar-refractivity contribution in [2.24, 2.45) is 0 Å². The molecule has 0 amide bonds. The second-order valence-corrected chi connectivity index (χ2v) is 7.09. The minimum Gasteiger partial charge on any atom is -0.195 e. The molecule has 5 rings (SSSR count). The van der Waals surface area contributed by atoms with Gasteiger partial charge in [0.2, 0.25) is 0 Å². The first-order chi connectivity index (χ1) is 13.9. The molecular weight excluding hydrogens is 335 g/mol. The Hall–Kier alpha value is -3.45. The molecule has 0 aliphatic rings. The lowest BCUT2D eigenvalue weighted by molar-refractivity contribution is 1.66. The molecule has 0 spiro atoms. The first kappa shape index (κ1) is 17.9. The molecule has 0 saturated heterocycles. The van der Waals surface area contributed by atoms with Crippen LogP contribution >= 0.6 is 0 Å². The van der Waals surface area contributed by atoms with Gasteiger partial charge in [0.25, 0.3) is 0 Å². The largest absolute Gasteiger partial charge is 0.195 e. The maximum Gasteiger partial charge on any atom is 0.148 e. The van der Waals surface area contributed by atoms with Gasteiger partial charge in [-0.15, -0.1) is 0 Å². The van der Waals surface area contributed by atoms with Gasteiger partial charge in [0, 0.05) is 0 Å². The van der Waals surface area contributed by atoms with E-state index < -0.39 is 6.15 Å². The average molecular weight is 358 g/mol. The summed E-state index contributed by atoms with van der Waals surface area (Å²) in [6.07, 6.45) is -1.22. The van der Waals surface area contributed by atoms with Crippen LogP contribution in [0.15, 0.2) is 140 Å². The van der Waals surface area contributed by atoms with E-state index >= 15 is 0 Å². The van der Waals surface area contributed by atoms with Crippen molar-refractivity contribution in [2.45, 2.75) is 0 Å². The monoisotopic (exact) mass is 358 g/mol. The molecule has 0 saturated carbocycles. The van der Waals surface area contributed by atoms with Crippen molar-refractivity contribution < 1.29 is 0 Å². The van der Waals surface area contributed by atoms with E-state index in [-0.39, 0.29) is 0 Å². The van der Waals surface area contributed by atoms with E-state index in [1.54, 1.807) is 0 Å². The second-order valence-electron chi connectivity index (χ2n) is 7.09. The smallest absolute Gasteiger partial charge is 0.148 e. The summed E-state index contributed by atoms with van der Waals surface area (Å²) >= 11 is 0. The van der Waals surface area contributed by atoms with Crippen LogP contribution in [0.3, 0.4) is 0 Å². The Kier molecular flexibility index (Phi) is 5.44. The van der Waals surface area contributed by atoms with E-state index in [1.165, 1.54) is 21.9 Å². The zero-order valence-corrected chi connectivity index (χ0v) is 15.9. The summed E-state index contributed by atoms with van der Waals surface area (Å²) in [6.45, 7) is 0. The molecule has 0 heterocycles. The van der Waals surface area contributed by atoms with Crippen LogP contribution in [0.2, 0.25) is 0 Å². The predicted molar refractivity (Wildman–Crippen MR) is 123 cm³/mol. The van der Waals surface area contributed by atoms with Crippen LogP contribution in [-0.2, 0) is 0 Å². The van der Waals surface area contributed by atoms with Crippen molar-refractivity contribution in [1.29, 1.82) is 0 Å². The molecule has 0 aliphatic carbocycles. The molecule has 134 valence electrons. The van der Waals surface area contributed by atoms with Crippen molar-refractivity contribution in [3.8, 4) is 0 Å². The molecule has 1 heteroatoms. The summed E-state index contributed by atoms with van der Waals surface area (Å²) in [4.78, 5) is 0. The van der Waals surface area contributed by atoms with Gasteiger partial charge in [-0.05, 0) is 0 Å². The number of hydrogen-bond donors (Lipinski definition) is 0. The first-order valence-electron chi connectivity index (χ1n) is 9.80. The molecule has 0 aromatic heterocycles. The van der Waals surface area contributed by atoms with E-state index in [0.717, 1.165) is 0 Å². The summed E-state index contributed by atoms with van der Waals surface area (Å²) in [5, 5.41) is 0. The molecule has 5 aromatic rings. The molecule has 5 aromatic carbocycles. The zero-order valence-electron chi connectivity index (χ0n) is 15.9. The Morgan fingerprint density at radius 2 is 0.571 bits per heavy atom. The highest BCUT2D eigenvalue weighted by atomic mass is 14.1. The van der Waals surface area contributed by atoms with Gasteiger partial charge in [0.15, 0.2) is 0 Å². The topological polar surface area (TPSA) is 0 Å². The molecular formula is C27H23B. The summed E-state index contributed by atoms with van der Waals surface area (Å²) in [6, 6.07) is 49.5. The average Bonchev–Trinajstić information content (AvgIpc) is 3.67. The van der Waals surface area contributed by atoms with E-state index in [4.69, 9.17) is 0 Å². The molecule has 0 aliphatic heterocycles. The lowest BCUT2D eigenvalue weighted by atomic mass is 9.13. The second kappa shape index (κ2) is 8.50. The van der Waals surface area contributed by atoms with Gasteiger partial charge in [-0.25, -0.2) is 0 Å². The van der Waals surface area contributed by atoms with Crippen LogP contribution in [0.25, 0.3) is 0 Å². The van der Waals surface area contributed by atoms with E-state index in [2.05, 4.69) is 121 Å². The molecule has 0 nitrogen and oxygen atoms in total. The lowest BCUT2D eigenvalue weighted by Crippen LogP contribution is -2.74. The van der Waals surface area contributed by atoms with Gasteiger partial charge in [0.1, 0.15) is 24.3 Å². The summed E-state index contributed by atoms with van der Waals surface area (Å²) < 4.78 is 0. The Morgan fingerprint density at radius 1 is 0.357 bits per heavy atom. The van der Waals surface area contributed by atoms with Crippen molar-refractivity contribution in [1.82, 2.24) is 0 Å². The summed E-state index contributed by atoms with van der Waals surface area (Å²) in [5.74, 6) is 0. The molecule has 0 atom stereocenters. The van der Waals surface area contributed by atoms with Crippen LogP contribution < -0.4 is 21.9 Å². The van der Waals surface area contributed by atoms with E-state index in [1.807, 2.05) is 18.2 Å². The summed E-state index contributed by atoms with van der Waals surface area (Å²) in [5.41, 5.74) is 5.36. The van der Waals surface area contributed by atoms with E-state index in [0.29, 0.717) is 0 Å². The van der Waals surface area contributed by atoms with Crippen molar-refractivity contribution >= 4 is 28.0 Å². The van der Waals surface area contributed by atoms with Crippen LogP contribution in [0.1, 0.15) is 0 Å². The van der Waals surface area contributed by atoms with Crippen LogP contribution in [-0.4, -0.2) is 6.15 Å². The van der Waals surface area contributed by atoms with Crippen LogP contribution in [0.4, 0.5) is 0 Å². The fourth-order valence-electron chi connectivity index (χ4n) is 4.12. The molecule has 0 fully saturated rings. The normalized spacial score (nSPS) is 10.9. The van der Waals surface area contributed by atoms with Crippen LogP contribution in [0.5, 0.6) is 0 Å². The molecule has 0 radical (unpaired) electrons. The minimum atomic E-state index is -1.22. The van der Waals surface area contributed by atoms with Crippen molar-refractivity contribution in [2.75, 3.05) is 0 Å². The zero-order chi connectivity index (χ0) is 19.1. The highest BCUT2D eigenvalue weighted by Crippen LogP contribution is 2.09. The maximum atomic E-state index is 2.26. The predicted octanol–water partition coefficient (Wildman–Crippen LogP) is 3.91. The van der Waals surface area contributed by atoms with Crippen molar-refractivity contribution in [3.63, 3.8) is 0 Å². The highest BCUT2D eigenvalue weighted by Gasteiger charge is 2.30. The standard InChI is InChI=1S/C24H20B.C3H3/c1-5-13-21(14-6-1)25(22-15-7-2-8-16-22,23-17-9-3-10-18-23)24-19-11-4-12-20-24;1-2-3-1/h1-20H;1-3H/q-1;+1. The molecule has 0 bridgehead atoms. The quantitative estimate of drug-likeness (QED) is 0.338. The fraction of sp³-hybridized carbons (Fsp3) is 0. The van der Waals surface area contributed by atoms with Gasteiger partial charge in [-0.3, -0.25) is 0 Å². The van der Waals surface area contributed by atoms with Gasteiger partial charge >= 0.3 is 0 Å². The van der Waals surface area contributed by atoms with E-state index in [9.17, 15) is 0 Å². The summed E-state index contributed by atoms with van der Waals surface area (Å²) in [7, 11) is 0. The molecule has 0 unspecified atom stereocenters. The Morgan fingerprint density at radius 3 is 0.750 bits per heavy atom. The SMILES string of the molecule is c1c[cH+]1.c1ccc([B-](c2ccccc2)(c2ccccc2)c2ccccc2)cc1. The van der Waals surface area contributed by atoms with Gasteiger partial charge in [-0.1, -0.05) is 121 Å². The number of rotatable bonds is 4. The van der Waals surface area contributed by atoms with Gasteiger partial charge < -0.3 is 0 Å². The molecule has 0 N–H and O–H groups in total. The molecule has 28 heavy (non-hydrogen) atoms. The minimum absolute atomic E-state index is 1.22. The van der Waals surface area contributed by atoms with Gasteiger partial charge in [-0.2, -0.15) is 21.9 Å². The first-order valence-corrected chi connectivity index (χ1v) is 9.80. The third-order valence-corrected chi connectivity index (χ3v) is 5.39. The number of hydrogen-bond acceptors (Lipinski definition) is 0. The maximum absolute atomic E-state index is 2.26. The lowest BCUT2D eigenvalue weighted by Gasteiger charge is -2.44. The van der Waals surface area contributed by atoms with Crippen LogP contribution in [0, 0.1) is 0 Å². The fourth-order valence-corrected chi connectivity index (χ4v) is 4.12. The Labute approximate surface area is 167 Å². The highest BCUT2D eigenvalue weighted by molar-refractivity contribution is 7.19.